The number of hydrogen-bond donors (Lipinski definition) is 2. The number of hydrogen-bond acceptors (Lipinski definition) is 11. The van der Waals surface area contributed by atoms with Crippen molar-refractivity contribution in [2.75, 3.05) is 44.2 Å². The van der Waals surface area contributed by atoms with Crippen LogP contribution in [0.4, 0.5) is 5.82 Å². The van der Waals surface area contributed by atoms with Crippen LogP contribution in [-0.4, -0.2) is 107 Å². The van der Waals surface area contributed by atoms with Gasteiger partial charge in [0.15, 0.2) is 11.5 Å². The fraction of sp³-hybridized carbons (Fsp3) is 0.533. The van der Waals surface area contributed by atoms with Crippen LogP contribution in [0, 0.1) is 16.7 Å². The summed E-state index contributed by atoms with van der Waals surface area (Å²) in [5, 5.41) is 24.2. The summed E-state index contributed by atoms with van der Waals surface area (Å²) in [6.45, 7) is 4.68. The quantitative estimate of drug-likeness (QED) is 0.301. The topological polar surface area (TPSA) is 170 Å². The van der Waals surface area contributed by atoms with Gasteiger partial charge in [0.25, 0.3) is 17.7 Å². The lowest BCUT2D eigenvalue weighted by atomic mass is 9.59. The average Bonchev–Trinajstić information content (AvgIpc) is 3.72. The third-order valence-electron chi connectivity index (χ3n) is 14.7. The Labute approximate surface area is 353 Å². The number of nitrogens with zero attached hydrogens (tertiary/aromatic N) is 6. The summed E-state index contributed by atoms with van der Waals surface area (Å²) >= 11 is 6.16. The van der Waals surface area contributed by atoms with Gasteiger partial charge >= 0.3 is 0 Å². The first kappa shape index (κ1) is 38.9. The molecule has 3 saturated heterocycles. The van der Waals surface area contributed by atoms with Crippen LogP contribution in [0.1, 0.15) is 119 Å². The molecule has 5 fully saturated rings. The van der Waals surface area contributed by atoms with E-state index in [4.69, 9.17) is 26.3 Å². The third kappa shape index (κ3) is 7.03. The number of nitriles is 1. The highest BCUT2D eigenvalue weighted by molar-refractivity contribution is 6.31. The Morgan fingerprint density at radius 1 is 0.900 bits per heavy atom. The molecule has 7 aliphatic rings. The minimum atomic E-state index is -0.323. The van der Waals surface area contributed by atoms with Crippen molar-refractivity contribution in [3.05, 3.63) is 75.4 Å². The van der Waals surface area contributed by atoms with E-state index in [9.17, 15) is 19.2 Å². The maximum absolute atomic E-state index is 13.6. The second-order valence-electron chi connectivity index (χ2n) is 18.1. The maximum Gasteiger partial charge on any atom is 0.272 e. The molecule has 2 N–H and O–H groups in total. The first-order valence-corrected chi connectivity index (χ1v) is 21.9. The van der Waals surface area contributed by atoms with Crippen LogP contribution in [0.25, 0.3) is 0 Å². The molecule has 1 aromatic heterocycles. The highest BCUT2D eigenvalue weighted by Gasteiger charge is 2.52. The molecule has 4 amide bonds. The molecule has 10 rings (SSSR count). The Morgan fingerprint density at radius 2 is 1.65 bits per heavy atom. The van der Waals surface area contributed by atoms with Gasteiger partial charge in [0.1, 0.15) is 17.6 Å². The number of nitrogens with one attached hydrogen (secondary N) is 2. The van der Waals surface area contributed by atoms with E-state index in [0.29, 0.717) is 70.6 Å². The normalized spacial score (nSPS) is 25.9. The van der Waals surface area contributed by atoms with Crippen molar-refractivity contribution in [2.24, 2.45) is 5.41 Å². The number of piperidine rings is 3. The van der Waals surface area contributed by atoms with E-state index in [1.54, 1.807) is 30.3 Å². The Kier molecular flexibility index (Phi) is 9.94. The number of amides is 4. The number of halogens is 1. The van der Waals surface area contributed by atoms with E-state index in [2.05, 4.69) is 36.7 Å². The zero-order valence-corrected chi connectivity index (χ0v) is 34.3. The van der Waals surface area contributed by atoms with E-state index in [0.717, 1.165) is 94.7 Å². The molecule has 6 heterocycles. The summed E-state index contributed by atoms with van der Waals surface area (Å²) in [6.07, 6.45) is 10.5. The zero-order chi connectivity index (χ0) is 41.2. The van der Waals surface area contributed by atoms with Crippen molar-refractivity contribution < 1.29 is 28.7 Å². The number of likely N-dealkylation sites (tertiary alicyclic amines) is 1. The van der Waals surface area contributed by atoms with Crippen molar-refractivity contribution >= 4 is 41.0 Å². The molecule has 1 unspecified atom stereocenters. The molecule has 60 heavy (non-hydrogen) atoms. The monoisotopic (exact) mass is 832 g/mol. The predicted octanol–water partition coefficient (Wildman–Crippen LogP) is 5.17. The average molecular weight is 833 g/mol. The van der Waals surface area contributed by atoms with E-state index in [1.807, 2.05) is 12.1 Å². The Morgan fingerprint density at radius 3 is 2.32 bits per heavy atom. The largest absolute Gasteiger partial charge is 0.492 e. The maximum atomic E-state index is 13.6. The van der Waals surface area contributed by atoms with Crippen LogP contribution < -0.4 is 25.0 Å². The fourth-order valence-corrected chi connectivity index (χ4v) is 11.2. The highest BCUT2D eigenvalue weighted by atomic mass is 35.5. The number of carbonyl (C=O) groups excluding carboxylic acids is 4. The molecule has 5 aliphatic heterocycles. The van der Waals surface area contributed by atoms with E-state index >= 15 is 0 Å². The first-order chi connectivity index (χ1) is 29.1. The lowest BCUT2D eigenvalue weighted by Gasteiger charge is -2.56. The van der Waals surface area contributed by atoms with Crippen LogP contribution in [0.15, 0.2) is 42.5 Å². The molecule has 2 saturated carbocycles. The summed E-state index contributed by atoms with van der Waals surface area (Å²) in [5.41, 5.74) is 2.88. The van der Waals surface area contributed by atoms with Crippen molar-refractivity contribution in [3.8, 4) is 17.6 Å². The third-order valence-corrected chi connectivity index (χ3v) is 15.0. The molecule has 2 aliphatic carbocycles. The van der Waals surface area contributed by atoms with Gasteiger partial charge in [-0.1, -0.05) is 11.6 Å². The minimum Gasteiger partial charge on any atom is -0.492 e. The second kappa shape index (κ2) is 15.3. The van der Waals surface area contributed by atoms with Gasteiger partial charge in [0.05, 0.1) is 40.5 Å². The van der Waals surface area contributed by atoms with Crippen LogP contribution in [-0.2, 0) is 10.2 Å². The smallest absolute Gasteiger partial charge is 0.272 e. The molecule has 3 aromatic rings. The van der Waals surface area contributed by atoms with Gasteiger partial charge in [0, 0.05) is 55.2 Å². The van der Waals surface area contributed by atoms with Gasteiger partial charge in [-0.2, -0.15) is 5.26 Å². The minimum absolute atomic E-state index is 0.0273. The number of ether oxygens (including phenoxy) is 2. The Bertz CT molecular complexity index is 2260. The molecule has 2 aromatic carbocycles. The summed E-state index contributed by atoms with van der Waals surface area (Å²) < 4.78 is 12.3. The lowest BCUT2D eigenvalue weighted by molar-refractivity contribution is -0.123. The lowest BCUT2D eigenvalue weighted by Crippen LogP contribution is -2.57. The number of aromatic nitrogens is 2. The number of carbonyl (C=O) groups is 4. The molecule has 0 bridgehead atoms. The van der Waals surface area contributed by atoms with E-state index < -0.39 is 0 Å². The van der Waals surface area contributed by atoms with Crippen molar-refractivity contribution in [1.29, 1.82) is 5.26 Å². The number of benzene rings is 2. The molecular formula is C45H49ClN8O6. The summed E-state index contributed by atoms with van der Waals surface area (Å²) in [4.78, 5) is 58.0. The number of anilines is 1. The Balaban J connectivity index is 0.672. The van der Waals surface area contributed by atoms with Gasteiger partial charge < -0.3 is 29.9 Å². The molecule has 1 atom stereocenters. The molecule has 312 valence electrons. The van der Waals surface area contributed by atoms with Gasteiger partial charge in [-0.3, -0.25) is 24.1 Å². The number of fused-ring (bicyclic) bond motifs is 3. The van der Waals surface area contributed by atoms with Crippen LogP contribution in [0.2, 0.25) is 5.02 Å². The van der Waals surface area contributed by atoms with Gasteiger partial charge in [-0.05, 0) is 126 Å². The second-order valence-corrected chi connectivity index (χ2v) is 18.5. The number of rotatable bonds is 7. The van der Waals surface area contributed by atoms with E-state index in [1.165, 1.54) is 17.7 Å². The fourth-order valence-electron chi connectivity index (χ4n) is 11.0. The molecular weight excluding hydrogens is 784 g/mol. The van der Waals surface area contributed by atoms with Crippen LogP contribution in [0.5, 0.6) is 11.5 Å². The summed E-state index contributed by atoms with van der Waals surface area (Å²) in [5.74, 6) is 1.38. The summed E-state index contributed by atoms with van der Waals surface area (Å²) in [6, 6.07) is 14.9. The molecule has 14 nitrogen and oxygen atoms in total. The standard InChI is InChI=1S/C45H49ClN8O6/c46-36-19-32(5-1-27(36)24-47)60-31-6-2-28(3-7-31)49-41(56)37-8-9-39(51-50-37)53-15-11-44(12-16-53)22-30(23-44)52-17-13-45(14-18-52)26-59-38-21-34-33(20-35(38)45)42(57)54(43(34)58)29-4-10-40(55)48-25-29/h1,5,8-9,19-21,28-31H,2-4,6-7,10-18,22-23,25-26H2,(H,48,55)(H,49,56). The van der Waals surface area contributed by atoms with E-state index in [-0.39, 0.29) is 47.2 Å². The van der Waals surface area contributed by atoms with Crippen molar-refractivity contribution in [1.82, 2.24) is 30.6 Å². The molecule has 0 radical (unpaired) electrons. The Hall–Kier alpha value is -5.26. The zero-order valence-electron chi connectivity index (χ0n) is 33.6. The van der Waals surface area contributed by atoms with Gasteiger partial charge in [-0.15, -0.1) is 10.2 Å². The van der Waals surface area contributed by atoms with Gasteiger partial charge in [0.2, 0.25) is 5.91 Å². The number of imide groups is 1. The highest BCUT2D eigenvalue weighted by Crippen LogP contribution is 2.54. The van der Waals surface area contributed by atoms with Crippen molar-refractivity contribution in [2.45, 2.75) is 107 Å². The van der Waals surface area contributed by atoms with Crippen LogP contribution in [0.3, 0.4) is 0 Å². The molecule has 15 heteroatoms. The van der Waals surface area contributed by atoms with Crippen LogP contribution >= 0.6 is 11.6 Å². The predicted molar refractivity (Wildman–Crippen MR) is 220 cm³/mol. The SMILES string of the molecule is N#Cc1ccc(OC2CCC(NC(=O)c3ccc(N4CCC5(CC4)CC(N4CCC6(CC4)COc4cc7c(cc46)C(=O)N(C4CCC(=O)NC4)C7=O)C5)nn3)CC2)cc1Cl. The van der Waals surface area contributed by atoms with Crippen molar-refractivity contribution in [3.63, 3.8) is 0 Å². The summed E-state index contributed by atoms with van der Waals surface area (Å²) in [7, 11) is 0. The van der Waals surface area contributed by atoms with Gasteiger partial charge in [-0.25, -0.2) is 0 Å². The molecule has 2 spiro atoms. The first-order valence-electron chi connectivity index (χ1n) is 21.6.